The highest BCUT2D eigenvalue weighted by atomic mass is 16.3. The van der Waals surface area contributed by atoms with Crippen LogP contribution in [0.25, 0.3) is 11.4 Å². The Labute approximate surface area is 163 Å². The molecule has 0 saturated carbocycles. The number of carbonyl (C=O) groups is 1. The average molecular weight is 377 g/mol. The van der Waals surface area contributed by atoms with Gasteiger partial charge in [-0.05, 0) is 49.1 Å². The Morgan fingerprint density at radius 2 is 1.89 bits per heavy atom. The monoisotopic (exact) mass is 377 g/mol. The minimum absolute atomic E-state index is 0.0603. The number of aromatic nitrogens is 4. The summed E-state index contributed by atoms with van der Waals surface area (Å²) >= 11 is 0. The van der Waals surface area contributed by atoms with Crippen LogP contribution in [-0.2, 0) is 24.2 Å². The first-order valence-electron chi connectivity index (χ1n) is 9.59. The van der Waals surface area contributed by atoms with Gasteiger partial charge in [0.25, 0.3) is 0 Å². The third kappa shape index (κ3) is 4.19. The summed E-state index contributed by atoms with van der Waals surface area (Å²) in [6.45, 7) is 0.781. The summed E-state index contributed by atoms with van der Waals surface area (Å²) in [6.07, 6.45) is 7.12. The topological polar surface area (TPSA) is 92.9 Å². The molecule has 7 nitrogen and oxygen atoms in total. The van der Waals surface area contributed by atoms with Crippen LogP contribution in [0.1, 0.15) is 30.7 Å². The summed E-state index contributed by atoms with van der Waals surface area (Å²) in [7, 11) is 0. The van der Waals surface area contributed by atoms with Crippen LogP contribution in [0.4, 0.5) is 0 Å². The maximum absolute atomic E-state index is 12.4. The molecule has 0 radical (unpaired) electrons. The number of phenols is 1. The molecule has 7 heteroatoms. The lowest BCUT2D eigenvalue weighted by Crippen LogP contribution is -2.35. The van der Waals surface area contributed by atoms with Gasteiger partial charge in [0, 0.05) is 43.4 Å². The van der Waals surface area contributed by atoms with Gasteiger partial charge < -0.3 is 15.0 Å². The highest BCUT2D eigenvalue weighted by Gasteiger charge is 2.22. The van der Waals surface area contributed by atoms with Crippen LogP contribution in [0.5, 0.6) is 5.75 Å². The number of carbonyl (C=O) groups excluding carboxylic acids is 1. The normalized spacial score (nSPS) is 16.2. The van der Waals surface area contributed by atoms with E-state index < -0.39 is 0 Å². The van der Waals surface area contributed by atoms with Crippen LogP contribution < -0.4 is 5.32 Å². The zero-order chi connectivity index (χ0) is 19.3. The second-order valence-electron chi connectivity index (χ2n) is 7.09. The summed E-state index contributed by atoms with van der Waals surface area (Å²) in [4.78, 5) is 16.4. The number of aryl methyl sites for hydroxylation is 2. The predicted molar refractivity (Wildman–Crippen MR) is 105 cm³/mol. The molecule has 0 bridgehead atoms. The molecule has 1 amide bonds. The Morgan fingerprint density at radius 1 is 1.11 bits per heavy atom. The molecule has 1 aromatic carbocycles. The summed E-state index contributed by atoms with van der Waals surface area (Å²) in [5.74, 6) is 2.12. The lowest BCUT2D eigenvalue weighted by Gasteiger charge is -2.16. The molecule has 3 aromatic rings. The van der Waals surface area contributed by atoms with Crippen LogP contribution in [0, 0.1) is 0 Å². The highest BCUT2D eigenvalue weighted by molar-refractivity contribution is 5.76. The van der Waals surface area contributed by atoms with Crippen molar-refractivity contribution in [2.75, 3.05) is 0 Å². The van der Waals surface area contributed by atoms with Crippen LogP contribution in [0.15, 0.2) is 48.8 Å². The van der Waals surface area contributed by atoms with Gasteiger partial charge in [0.1, 0.15) is 11.6 Å². The van der Waals surface area contributed by atoms with Crippen molar-refractivity contribution < 1.29 is 9.90 Å². The molecule has 1 unspecified atom stereocenters. The summed E-state index contributed by atoms with van der Waals surface area (Å²) < 4.78 is 2.15. The lowest BCUT2D eigenvalue weighted by atomic mass is 10.1. The van der Waals surface area contributed by atoms with E-state index in [0.717, 1.165) is 48.6 Å². The second kappa shape index (κ2) is 8.21. The fourth-order valence-electron chi connectivity index (χ4n) is 3.57. The molecule has 0 aliphatic carbocycles. The largest absolute Gasteiger partial charge is 0.508 e. The van der Waals surface area contributed by atoms with Crippen molar-refractivity contribution in [3.8, 4) is 17.1 Å². The molecular formula is C21H23N5O2. The molecule has 1 aliphatic rings. The van der Waals surface area contributed by atoms with Crippen molar-refractivity contribution in [1.82, 2.24) is 25.1 Å². The third-order valence-corrected chi connectivity index (χ3v) is 5.13. The highest BCUT2D eigenvalue weighted by Crippen LogP contribution is 2.22. The zero-order valence-electron chi connectivity index (χ0n) is 15.6. The van der Waals surface area contributed by atoms with E-state index in [1.54, 1.807) is 24.5 Å². The van der Waals surface area contributed by atoms with Crippen molar-refractivity contribution in [1.29, 1.82) is 0 Å². The van der Waals surface area contributed by atoms with Crippen molar-refractivity contribution in [3.63, 3.8) is 0 Å². The summed E-state index contributed by atoms with van der Waals surface area (Å²) in [5.41, 5.74) is 2.05. The minimum atomic E-state index is 0.0603. The van der Waals surface area contributed by atoms with Crippen LogP contribution in [0.2, 0.25) is 0 Å². The van der Waals surface area contributed by atoms with Gasteiger partial charge in [0.05, 0.1) is 0 Å². The van der Waals surface area contributed by atoms with Gasteiger partial charge in [-0.15, -0.1) is 10.2 Å². The lowest BCUT2D eigenvalue weighted by molar-refractivity contribution is -0.121. The third-order valence-electron chi connectivity index (χ3n) is 5.13. The van der Waals surface area contributed by atoms with Crippen LogP contribution in [-0.4, -0.2) is 36.8 Å². The molecule has 0 spiro atoms. The van der Waals surface area contributed by atoms with E-state index in [0.29, 0.717) is 12.8 Å². The predicted octanol–water partition coefficient (Wildman–Crippen LogP) is 2.50. The number of rotatable bonds is 5. The zero-order valence-corrected chi connectivity index (χ0v) is 15.6. The quantitative estimate of drug-likeness (QED) is 0.713. The number of fused-ring (bicyclic) bond motifs is 1. The number of nitrogens with zero attached hydrogens (tertiary/aromatic N) is 4. The van der Waals surface area contributed by atoms with Gasteiger partial charge in [-0.2, -0.15) is 0 Å². The number of benzene rings is 1. The van der Waals surface area contributed by atoms with E-state index in [1.807, 2.05) is 24.3 Å². The molecule has 0 fully saturated rings. The molecule has 28 heavy (non-hydrogen) atoms. The molecule has 2 N–H and O–H groups in total. The van der Waals surface area contributed by atoms with E-state index in [9.17, 15) is 9.90 Å². The first kappa shape index (κ1) is 18.2. The number of nitrogens with one attached hydrogen (secondary N) is 1. The second-order valence-corrected chi connectivity index (χ2v) is 7.09. The fourth-order valence-corrected chi connectivity index (χ4v) is 3.57. The van der Waals surface area contributed by atoms with Crippen LogP contribution >= 0.6 is 0 Å². The Morgan fingerprint density at radius 3 is 2.68 bits per heavy atom. The molecule has 144 valence electrons. The Hall–Kier alpha value is -3.22. The first-order chi connectivity index (χ1) is 13.7. The van der Waals surface area contributed by atoms with Gasteiger partial charge in [0.15, 0.2) is 5.82 Å². The Balaban J connectivity index is 1.33. The number of amides is 1. The number of pyridine rings is 1. The van der Waals surface area contributed by atoms with E-state index in [2.05, 4.69) is 25.1 Å². The van der Waals surface area contributed by atoms with Crippen molar-refractivity contribution in [2.24, 2.45) is 0 Å². The number of hydrogen-bond acceptors (Lipinski definition) is 5. The number of phenolic OH excluding ortho intramolecular Hbond substituents is 1. The van der Waals surface area contributed by atoms with Gasteiger partial charge >= 0.3 is 0 Å². The van der Waals surface area contributed by atoms with Crippen molar-refractivity contribution in [3.05, 3.63) is 60.2 Å². The van der Waals surface area contributed by atoms with Crippen molar-refractivity contribution >= 4 is 5.91 Å². The molecule has 3 heterocycles. The van der Waals surface area contributed by atoms with Gasteiger partial charge in [-0.3, -0.25) is 9.78 Å². The smallest absolute Gasteiger partial charge is 0.220 e. The maximum Gasteiger partial charge on any atom is 0.220 e. The van der Waals surface area contributed by atoms with Crippen LogP contribution in [0.3, 0.4) is 0 Å². The molecular weight excluding hydrogens is 354 g/mol. The van der Waals surface area contributed by atoms with Gasteiger partial charge in [0.2, 0.25) is 5.91 Å². The molecule has 4 rings (SSSR count). The molecule has 1 atom stereocenters. The summed E-state index contributed by atoms with van der Waals surface area (Å²) in [5, 5.41) is 21.2. The maximum atomic E-state index is 12.4. The average Bonchev–Trinajstić information content (AvgIpc) is 3.03. The van der Waals surface area contributed by atoms with Gasteiger partial charge in [-0.1, -0.05) is 12.1 Å². The van der Waals surface area contributed by atoms with E-state index in [4.69, 9.17) is 0 Å². The van der Waals surface area contributed by atoms with E-state index >= 15 is 0 Å². The Bertz CT molecular complexity index is 937. The molecule has 0 saturated heterocycles. The SMILES string of the molecule is O=C(CCc1ccc(O)cc1)NC1CCc2nnc(-c3ccncc3)n2CC1. The van der Waals surface area contributed by atoms with Gasteiger partial charge in [-0.25, -0.2) is 0 Å². The summed E-state index contributed by atoms with van der Waals surface area (Å²) in [6, 6.07) is 11.0. The molecule has 1 aliphatic heterocycles. The van der Waals surface area contributed by atoms with E-state index in [-0.39, 0.29) is 17.7 Å². The first-order valence-corrected chi connectivity index (χ1v) is 9.59. The fraction of sp³-hybridized carbons (Fsp3) is 0.333. The molecule has 2 aromatic heterocycles. The number of hydrogen-bond donors (Lipinski definition) is 2. The number of aromatic hydroxyl groups is 1. The van der Waals surface area contributed by atoms with E-state index in [1.165, 1.54) is 0 Å². The minimum Gasteiger partial charge on any atom is -0.508 e. The van der Waals surface area contributed by atoms with Crippen molar-refractivity contribution in [2.45, 2.75) is 44.7 Å². The standard InChI is InChI=1S/C21H23N5O2/c27-18-5-1-15(2-6-18)3-8-20(28)23-17-4-7-19-24-25-21(26(19)14-11-17)16-9-12-22-13-10-16/h1-2,5-6,9-10,12-13,17,27H,3-4,7-8,11,14H2,(H,23,28). The Kier molecular flexibility index (Phi) is 5.32.